The molecule has 6 heteroatoms. The smallest absolute Gasteiger partial charge is 0.257 e. The summed E-state index contributed by atoms with van der Waals surface area (Å²) in [4.78, 5) is 15.4. The quantitative estimate of drug-likeness (QED) is 0.657. The van der Waals surface area contributed by atoms with Gasteiger partial charge in [-0.25, -0.2) is 8.78 Å². The van der Waals surface area contributed by atoms with Crippen LogP contribution < -0.4 is 10.1 Å². The summed E-state index contributed by atoms with van der Waals surface area (Å²) in [7, 11) is 0. The topological polar surface area (TPSA) is 54.1 Å². The van der Waals surface area contributed by atoms with E-state index in [0.717, 1.165) is 29.8 Å². The van der Waals surface area contributed by atoms with Crippen LogP contribution in [-0.2, 0) is 17.6 Å². The van der Waals surface area contributed by atoms with Gasteiger partial charge in [0.05, 0.1) is 0 Å². The minimum absolute atomic E-state index is 0.147. The van der Waals surface area contributed by atoms with Gasteiger partial charge in [-0.1, -0.05) is 25.1 Å². The van der Waals surface area contributed by atoms with Crippen LogP contribution in [0.4, 0.5) is 8.78 Å². The fourth-order valence-corrected chi connectivity index (χ4v) is 3.19. The summed E-state index contributed by atoms with van der Waals surface area (Å²) in [6.07, 6.45) is 1.63. The first-order valence-corrected chi connectivity index (χ1v) is 8.93. The van der Waals surface area contributed by atoms with E-state index in [1.807, 2.05) is 13.0 Å². The Morgan fingerprint density at radius 3 is 2.78 bits per heavy atom. The maximum Gasteiger partial charge on any atom is 0.257 e. The Kier molecular flexibility index (Phi) is 5.74. The Balaban J connectivity index is 1.56. The molecule has 0 saturated heterocycles. The molecule has 1 amide bonds. The molecule has 0 bridgehead atoms. The van der Waals surface area contributed by atoms with Gasteiger partial charge in [0.25, 0.3) is 5.91 Å². The van der Waals surface area contributed by atoms with Gasteiger partial charge in [-0.2, -0.15) is 0 Å². The molecule has 0 fully saturated rings. The van der Waals surface area contributed by atoms with Gasteiger partial charge in [-0.15, -0.1) is 0 Å². The molecule has 1 heterocycles. The molecule has 0 aliphatic rings. The van der Waals surface area contributed by atoms with Crippen molar-refractivity contribution >= 4 is 16.8 Å². The highest BCUT2D eigenvalue weighted by Gasteiger charge is 2.12. The number of nitrogens with one attached hydrogen (secondary N) is 2. The summed E-state index contributed by atoms with van der Waals surface area (Å²) < 4.78 is 31.5. The molecule has 0 atom stereocenters. The molecule has 0 radical (unpaired) electrons. The van der Waals surface area contributed by atoms with Crippen LogP contribution in [-0.4, -0.2) is 24.0 Å². The van der Waals surface area contributed by atoms with Crippen molar-refractivity contribution in [3.05, 3.63) is 64.9 Å². The van der Waals surface area contributed by atoms with Crippen LogP contribution in [0.15, 0.2) is 36.4 Å². The zero-order valence-corrected chi connectivity index (χ0v) is 15.4. The Bertz CT molecular complexity index is 966. The largest absolute Gasteiger partial charge is 0.481 e. The molecule has 27 heavy (non-hydrogen) atoms. The van der Waals surface area contributed by atoms with Gasteiger partial charge in [0.2, 0.25) is 0 Å². The third-order valence-corrected chi connectivity index (χ3v) is 4.57. The summed E-state index contributed by atoms with van der Waals surface area (Å²) in [6, 6.07) is 9.20. The van der Waals surface area contributed by atoms with E-state index in [1.165, 1.54) is 22.6 Å². The number of benzene rings is 2. The van der Waals surface area contributed by atoms with Crippen molar-refractivity contribution in [2.45, 2.75) is 26.7 Å². The predicted molar refractivity (Wildman–Crippen MR) is 101 cm³/mol. The lowest BCUT2D eigenvalue weighted by Crippen LogP contribution is -2.30. The number of fused-ring (bicyclic) bond motifs is 1. The van der Waals surface area contributed by atoms with E-state index >= 15 is 0 Å². The first kappa shape index (κ1) is 18.9. The minimum Gasteiger partial charge on any atom is -0.481 e. The molecule has 2 N–H and O–H groups in total. The lowest BCUT2D eigenvalue weighted by molar-refractivity contribution is -0.123. The van der Waals surface area contributed by atoms with Crippen molar-refractivity contribution in [1.82, 2.24) is 10.3 Å². The van der Waals surface area contributed by atoms with Crippen LogP contribution in [0, 0.1) is 18.6 Å². The normalized spacial score (nSPS) is 11.0. The van der Waals surface area contributed by atoms with Gasteiger partial charge in [-0.3, -0.25) is 4.79 Å². The van der Waals surface area contributed by atoms with E-state index in [9.17, 15) is 13.6 Å². The van der Waals surface area contributed by atoms with E-state index in [2.05, 4.69) is 29.4 Å². The SMILES string of the molecule is CCc1cccc2c(CCNC(=O)COc3ccc(F)cc3F)c(C)[nH]c12. The van der Waals surface area contributed by atoms with Crippen molar-refractivity contribution in [1.29, 1.82) is 0 Å². The highest BCUT2D eigenvalue weighted by Crippen LogP contribution is 2.25. The molecule has 0 aliphatic heterocycles. The predicted octanol–water partition coefficient (Wildman–Crippen LogP) is 4.05. The van der Waals surface area contributed by atoms with Gasteiger partial charge in [-0.05, 0) is 43.0 Å². The van der Waals surface area contributed by atoms with E-state index < -0.39 is 11.6 Å². The van der Waals surface area contributed by atoms with E-state index in [0.29, 0.717) is 13.0 Å². The third-order valence-electron chi connectivity index (χ3n) is 4.57. The van der Waals surface area contributed by atoms with Gasteiger partial charge in [0.15, 0.2) is 18.2 Å². The molecular formula is C21H22F2N2O2. The zero-order valence-electron chi connectivity index (χ0n) is 15.4. The van der Waals surface area contributed by atoms with Crippen molar-refractivity contribution in [3.63, 3.8) is 0 Å². The Labute approximate surface area is 156 Å². The molecule has 0 spiro atoms. The average molecular weight is 372 g/mol. The molecule has 0 aliphatic carbocycles. The van der Waals surface area contributed by atoms with Crippen LogP contribution in [0.1, 0.15) is 23.7 Å². The molecule has 4 nitrogen and oxygen atoms in total. The average Bonchev–Trinajstić information content (AvgIpc) is 2.96. The number of carbonyl (C=O) groups excluding carboxylic acids is 1. The fraction of sp³-hybridized carbons (Fsp3) is 0.286. The summed E-state index contributed by atoms with van der Waals surface area (Å²) in [5.41, 5.74) is 4.67. The van der Waals surface area contributed by atoms with Gasteiger partial charge in [0, 0.05) is 29.2 Å². The summed E-state index contributed by atoms with van der Waals surface area (Å²) in [6.45, 7) is 4.26. The van der Waals surface area contributed by atoms with Gasteiger partial charge < -0.3 is 15.0 Å². The number of rotatable bonds is 7. The number of aromatic nitrogens is 1. The van der Waals surface area contributed by atoms with Crippen LogP contribution >= 0.6 is 0 Å². The number of H-pyrrole nitrogens is 1. The van der Waals surface area contributed by atoms with Crippen molar-refractivity contribution < 1.29 is 18.3 Å². The second kappa shape index (κ2) is 8.20. The highest BCUT2D eigenvalue weighted by atomic mass is 19.1. The molecule has 3 rings (SSSR count). The number of aromatic amines is 1. The number of halogens is 2. The highest BCUT2D eigenvalue weighted by molar-refractivity contribution is 5.87. The van der Waals surface area contributed by atoms with E-state index in [1.54, 1.807) is 0 Å². The van der Waals surface area contributed by atoms with Crippen LogP contribution in [0.3, 0.4) is 0 Å². The maximum absolute atomic E-state index is 13.5. The molecule has 0 unspecified atom stereocenters. The zero-order chi connectivity index (χ0) is 19.4. The second-order valence-corrected chi connectivity index (χ2v) is 6.39. The van der Waals surface area contributed by atoms with Gasteiger partial charge >= 0.3 is 0 Å². The fourth-order valence-electron chi connectivity index (χ4n) is 3.19. The first-order valence-electron chi connectivity index (χ1n) is 8.93. The molecule has 142 valence electrons. The van der Waals surface area contributed by atoms with Crippen molar-refractivity contribution in [2.75, 3.05) is 13.2 Å². The third kappa shape index (κ3) is 4.27. The van der Waals surface area contributed by atoms with Crippen molar-refractivity contribution in [3.8, 4) is 5.75 Å². The van der Waals surface area contributed by atoms with E-state index in [4.69, 9.17) is 4.74 Å². The summed E-state index contributed by atoms with van der Waals surface area (Å²) >= 11 is 0. The van der Waals surface area contributed by atoms with E-state index in [-0.39, 0.29) is 18.3 Å². The van der Waals surface area contributed by atoms with Crippen LogP contribution in [0.25, 0.3) is 10.9 Å². The Morgan fingerprint density at radius 1 is 1.22 bits per heavy atom. The standard InChI is InChI=1S/C21H22F2N2O2/c1-3-14-5-4-6-17-16(13(2)25-21(14)17)9-10-24-20(26)12-27-19-8-7-15(22)11-18(19)23/h4-8,11,25H,3,9-10,12H2,1-2H3,(H,24,26). The molecular weight excluding hydrogens is 350 g/mol. The number of carbonyl (C=O) groups is 1. The lowest BCUT2D eigenvalue weighted by Gasteiger charge is -2.08. The number of hydrogen-bond donors (Lipinski definition) is 2. The maximum atomic E-state index is 13.5. The van der Waals surface area contributed by atoms with Crippen molar-refractivity contribution in [2.24, 2.45) is 0 Å². The molecule has 2 aromatic carbocycles. The van der Waals surface area contributed by atoms with Crippen LogP contribution in [0.5, 0.6) is 5.75 Å². The summed E-state index contributed by atoms with van der Waals surface area (Å²) in [5, 5.41) is 3.94. The first-order chi connectivity index (χ1) is 13.0. The number of para-hydroxylation sites is 1. The molecule has 1 aromatic heterocycles. The minimum atomic E-state index is -0.830. The number of aryl methyl sites for hydroxylation is 2. The number of hydrogen-bond acceptors (Lipinski definition) is 2. The number of amides is 1. The van der Waals surface area contributed by atoms with Gasteiger partial charge in [0.1, 0.15) is 5.82 Å². The van der Waals surface area contributed by atoms with Crippen LogP contribution in [0.2, 0.25) is 0 Å². The summed E-state index contributed by atoms with van der Waals surface area (Å²) in [5.74, 6) is -2.02. The molecule has 0 saturated carbocycles. The monoisotopic (exact) mass is 372 g/mol. The lowest BCUT2D eigenvalue weighted by atomic mass is 10.0. The Morgan fingerprint density at radius 2 is 2.04 bits per heavy atom. The second-order valence-electron chi connectivity index (χ2n) is 6.39. The molecule has 3 aromatic rings. The number of ether oxygens (including phenoxy) is 1. The Hall–Kier alpha value is -2.89.